The summed E-state index contributed by atoms with van der Waals surface area (Å²) in [5.74, 6) is 1.21. The second-order valence-corrected chi connectivity index (χ2v) is 5.24. The highest BCUT2D eigenvalue weighted by molar-refractivity contribution is 6.12. The molecular formula is C20H17NO4. The minimum atomic E-state index is -0.483. The molecule has 0 unspecified atom stereocenters. The van der Waals surface area contributed by atoms with E-state index < -0.39 is 5.97 Å². The number of hydrogen-bond acceptors (Lipinski definition) is 5. The lowest BCUT2D eigenvalue weighted by Crippen LogP contribution is -2.05. The average molecular weight is 335 g/mol. The molecule has 0 radical (unpaired) electrons. The number of rotatable bonds is 6. The average Bonchev–Trinajstić information content (AvgIpc) is 3.01. The molecule has 2 aromatic carbocycles. The Hall–Kier alpha value is -3.34. The number of ether oxygens (including phenoxy) is 3. The van der Waals surface area contributed by atoms with Gasteiger partial charge in [-0.3, -0.25) is 0 Å². The third-order valence-corrected chi connectivity index (χ3v) is 3.49. The minimum absolute atomic E-state index is 0.242. The first kappa shape index (κ1) is 16.5. The molecule has 2 aromatic rings. The predicted molar refractivity (Wildman–Crippen MR) is 95.7 cm³/mol. The smallest absolute Gasteiger partial charge is 0.363 e. The number of cyclic esters (lactones) is 1. The van der Waals surface area contributed by atoms with Crippen molar-refractivity contribution in [2.24, 2.45) is 4.99 Å². The molecule has 0 spiro atoms. The summed E-state index contributed by atoms with van der Waals surface area (Å²) >= 11 is 0. The van der Waals surface area contributed by atoms with Gasteiger partial charge in [-0.2, -0.15) is 0 Å². The second-order valence-electron chi connectivity index (χ2n) is 5.24. The zero-order chi connectivity index (χ0) is 17.6. The molecule has 126 valence electrons. The Morgan fingerprint density at radius 2 is 1.96 bits per heavy atom. The normalized spacial score (nSPS) is 14.8. The fraction of sp³-hybridized carbons (Fsp3) is 0.100. The van der Waals surface area contributed by atoms with Crippen LogP contribution in [0.5, 0.6) is 11.5 Å². The van der Waals surface area contributed by atoms with Gasteiger partial charge in [-0.15, -0.1) is 0 Å². The Labute approximate surface area is 145 Å². The topological polar surface area (TPSA) is 57.1 Å². The predicted octanol–water partition coefficient (Wildman–Crippen LogP) is 3.60. The summed E-state index contributed by atoms with van der Waals surface area (Å²) in [6.45, 7) is 4.03. The zero-order valence-corrected chi connectivity index (χ0v) is 13.8. The van der Waals surface area contributed by atoms with Gasteiger partial charge < -0.3 is 14.2 Å². The van der Waals surface area contributed by atoms with Crippen molar-refractivity contribution < 1.29 is 19.0 Å². The molecule has 1 heterocycles. The molecule has 0 saturated carbocycles. The molecular weight excluding hydrogens is 318 g/mol. The summed E-state index contributed by atoms with van der Waals surface area (Å²) in [4.78, 5) is 16.4. The third-order valence-electron chi connectivity index (χ3n) is 3.49. The highest BCUT2D eigenvalue weighted by Crippen LogP contribution is 2.22. The van der Waals surface area contributed by atoms with E-state index in [1.807, 2.05) is 24.3 Å². The molecule has 0 bridgehead atoms. The van der Waals surface area contributed by atoms with Crippen LogP contribution >= 0.6 is 0 Å². The van der Waals surface area contributed by atoms with Gasteiger partial charge in [0.2, 0.25) is 5.90 Å². The molecule has 0 saturated heterocycles. The SMILES string of the molecule is C=CCOc1cccc(/C=C2\N=C(c3ccc(OC)cc3)OC2=O)c1. The van der Waals surface area contributed by atoms with Gasteiger partial charge in [-0.25, -0.2) is 9.79 Å². The maximum Gasteiger partial charge on any atom is 0.363 e. The minimum Gasteiger partial charge on any atom is -0.497 e. The number of esters is 1. The van der Waals surface area contributed by atoms with Gasteiger partial charge in [0.25, 0.3) is 0 Å². The van der Waals surface area contributed by atoms with E-state index in [0.717, 1.165) is 11.3 Å². The zero-order valence-electron chi connectivity index (χ0n) is 13.8. The molecule has 0 fully saturated rings. The van der Waals surface area contributed by atoms with Crippen molar-refractivity contribution in [2.45, 2.75) is 0 Å². The number of benzene rings is 2. The first-order valence-electron chi connectivity index (χ1n) is 7.70. The van der Waals surface area contributed by atoms with Crippen LogP contribution in [-0.2, 0) is 9.53 Å². The molecule has 5 heteroatoms. The number of methoxy groups -OCH3 is 1. The summed E-state index contributed by atoms with van der Waals surface area (Å²) in [5, 5.41) is 0. The monoisotopic (exact) mass is 335 g/mol. The van der Waals surface area contributed by atoms with Crippen LogP contribution < -0.4 is 9.47 Å². The van der Waals surface area contributed by atoms with Gasteiger partial charge in [0.05, 0.1) is 7.11 Å². The number of carbonyl (C=O) groups is 1. The molecule has 1 aliphatic heterocycles. The summed E-state index contributed by atoms with van der Waals surface area (Å²) in [5.41, 5.74) is 1.75. The van der Waals surface area contributed by atoms with Gasteiger partial charge in [0.1, 0.15) is 18.1 Å². The van der Waals surface area contributed by atoms with E-state index in [9.17, 15) is 4.79 Å². The Morgan fingerprint density at radius 1 is 1.16 bits per heavy atom. The van der Waals surface area contributed by atoms with Crippen molar-refractivity contribution >= 4 is 17.9 Å². The molecule has 25 heavy (non-hydrogen) atoms. The van der Waals surface area contributed by atoms with Crippen LogP contribution in [0.2, 0.25) is 0 Å². The second kappa shape index (κ2) is 7.49. The fourth-order valence-corrected chi connectivity index (χ4v) is 2.27. The summed E-state index contributed by atoms with van der Waals surface area (Å²) in [6, 6.07) is 14.5. The Balaban J connectivity index is 1.84. The third kappa shape index (κ3) is 3.95. The maximum atomic E-state index is 12.1. The van der Waals surface area contributed by atoms with E-state index in [0.29, 0.717) is 17.9 Å². The number of carbonyl (C=O) groups excluding carboxylic acids is 1. The number of nitrogens with zero attached hydrogens (tertiary/aromatic N) is 1. The Bertz CT molecular complexity index is 850. The lowest BCUT2D eigenvalue weighted by Gasteiger charge is -2.03. The van der Waals surface area contributed by atoms with Crippen molar-refractivity contribution in [3.63, 3.8) is 0 Å². The molecule has 1 aliphatic rings. The molecule has 0 aromatic heterocycles. The van der Waals surface area contributed by atoms with Crippen LogP contribution in [-0.4, -0.2) is 25.6 Å². The summed E-state index contributed by atoms with van der Waals surface area (Å²) < 4.78 is 15.9. The standard InChI is InChI=1S/C20H17NO4/c1-3-11-24-17-6-4-5-14(12-17)13-18-20(22)25-19(21-18)15-7-9-16(23-2)10-8-15/h3-10,12-13H,1,11H2,2H3/b18-13-. The highest BCUT2D eigenvalue weighted by Gasteiger charge is 2.24. The van der Waals surface area contributed by atoms with Crippen molar-refractivity contribution in [3.05, 3.63) is 78.0 Å². The van der Waals surface area contributed by atoms with Crippen molar-refractivity contribution in [3.8, 4) is 11.5 Å². The highest BCUT2D eigenvalue weighted by atomic mass is 16.6. The Morgan fingerprint density at radius 3 is 2.68 bits per heavy atom. The van der Waals surface area contributed by atoms with E-state index in [-0.39, 0.29) is 11.6 Å². The Kier molecular flexibility index (Phi) is 4.95. The van der Waals surface area contributed by atoms with Gasteiger partial charge in [0, 0.05) is 5.56 Å². The number of hydrogen-bond donors (Lipinski definition) is 0. The van der Waals surface area contributed by atoms with Gasteiger partial charge >= 0.3 is 5.97 Å². The fourth-order valence-electron chi connectivity index (χ4n) is 2.27. The van der Waals surface area contributed by atoms with Crippen LogP contribution in [0.1, 0.15) is 11.1 Å². The van der Waals surface area contributed by atoms with E-state index >= 15 is 0 Å². The molecule has 5 nitrogen and oxygen atoms in total. The van der Waals surface area contributed by atoms with Crippen LogP contribution in [0.15, 0.2) is 71.9 Å². The van der Waals surface area contributed by atoms with Crippen LogP contribution in [0, 0.1) is 0 Å². The molecule has 0 aliphatic carbocycles. The lowest BCUT2D eigenvalue weighted by atomic mass is 10.2. The molecule has 0 amide bonds. The van der Waals surface area contributed by atoms with Gasteiger partial charge in [-0.05, 0) is 48.0 Å². The van der Waals surface area contributed by atoms with Crippen LogP contribution in [0.4, 0.5) is 0 Å². The molecule has 0 atom stereocenters. The van der Waals surface area contributed by atoms with Gasteiger partial charge in [-0.1, -0.05) is 24.8 Å². The lowest BCUT2D eigenvalue weighted by molar-refractivity contribution is -0.129. The number of aliphatic imine (C=N–C) groups is 1. The quantitative estimate of drug-likeness (QED) is 0.460. The van der Waals surface area contributed by atoms with Crippen molar-refractivity contribution in [1.82, 2.24) is 0 Å². The van der Waals surface area contributed by atoms with E-state index in [4.69, 9.17) is 14.2 Å². The summed E-state index contributed by atoms with van der Waals surface area (Å²) in [7, 11) is 1.59. The first-order chi connectivity index (χ1) is 12.2. The largest absolute Gasteiger partial charge is 0.497 e. The first-order valence-corrected chi connectivity index (χ1v) is 7.70. The van der Waals surface area contributed by atoms with E-state index in [1.165, 1.54) is 0 Å². The summed E-state index contributed by atoms with van der Waals surface area (Å²) in [6.07, 6.45) is 3.34. The van der Waals surface area contributed by atoms with E-state index in [2.05, 4.69) is 11.6 Å². The van der Waals surface area contributed by atoms with E-state index in [1.54, 1.807) is 43.5 Å². The van der Waals surface area contributed by atoms with Crippen molar-refractivity contribution in [2.75, 3.05) is 13.7 Å². The maximum absolute atomic E-state index is 12.1. The van der Waals surface area contributed by atoms with Crippen LogP contribution in [0.25, 0.3) is 6.08 Å². The molecule has 0 N–H and O–H groups in total. The van der Waals surface area contributed by atoms with Crippen LogP contribution in [0.3, 0.4) is 0 Å². The van der Waals surface area contributed by atoms with Gasteiger partial charge in [0.15, 0.2) is 5.70 Å². The van der Waals surface area contributed by atoms with Crippen molar-refractivity contribution in [1.29, 1.82) is 0 Å². The molecule has 3 rings (SSSR count).